The smallest absolute Gasteiger partial charge is 0.342 e. The lowest BCUT2D eigenvalue weighted by Crippen LogP contribution is -2.16. The van der Waals surface area contributed by atoms with Crippen LogP contribution in [-0.2, 0) is 17.6 Å². The third kappa shape index (κ3) is 2.59. The molecule has 0 spiro atoms. The van der Waals surface area contributed by atoms with E-state index < -0.39 is 6.10 Å². The van der Waals surface area contributed by atoms with Crippen molar-refractivity contribution >= 4 is 17.3 Å². The van der Waals surface area contributed by atoms with Crippen molar-refractivity contribution in [3.8, 4) is 11.1 Å². The van der Waals surface area contributed by atoms with Crippen molar-refractivity contribution in [3.63, 3.8) is 0 Å². The summed E-state index contributed by atoms with van der Waals surface area (Å²) in [7, 11) is 0. The van der Waals surface area contributed by atoms with Crippen molar-refractivity contribution in [3.05, 3.63) is 40.5 Å². The number of aryl methyl sites for hydroxylation is 1. The van der Waals surface area contributed by atoms with Gasteiger partial charge in [-0.1, -0.05) is 0 Å². The van der Waals surface area contributed by atoms with Gasteiger partial charge in [0.25, 0.3) is 0 Å². The fraction of sp³-hybridized carbons (Fsp3) is 0.375. The highest BCUT2D eigenvalue weighted by atomic mass is 32.1. The van der Waals surface area contributed by atoms with Gasteiger partial charge in [-0.25, -0.2) is 4.79 Å². The summed E-state index contributed by atoms with van der Waals surface area (Å²) in [6.07, 6.45) is 7.34. The molecule has 21 heavy (non-hydrogen) atoms. The van der Waals surface area contributed by atoms with Crippen LogP contribution < -0.4 is 0 Å². The lowest BCUT2D eigenvalue weighted by molar-refractivity contribution is 0.0434. The van der Waals surface area contributed by atoms with Gasteiger partial charge in [-0.2, -0.15) is 5.26 Å². The van der Waals surface area contributed by atoms with Crippen LogP contribution in [0.3, 0.4) is 0 Å². The number of thiophene rings is 1. The van der Waals surface area contributed by atoms with Crippen molar-refractivity contribution in [2.24, 2.45) is 0 Å². The van der Waals surface area contributed by atoms with Gasteiger partial charge in [-0.05, 0) is 50.3 Å². The highest BCUT2D eigenvalue weighted by Gasteiger charge is 2.27. The van der Waals surface area contributed by atoms with Gasteiger partial charge < -0.3 is 9.30 Å². The van der Waals surface area contributed by atoms with Gasteiger partial charge in [0.05, 0.1) is 5.56 Å². The minimum Gasteiger partial charge on any atom is -0.444 e. The van der Waals surface area contributed by atoms with Gasteiger partial charge >= 0.3 is 5.97 Å². The molecule has 1 aliphatic carbocycles. The summed E-state index contributed by atoms with van der Waals surface area (Å²) in [6, 6.07) is 5.82. The molecule has 2 aromatic heterocycles. The molecule has 2 heterocycles. The molecule has 0 radical (unpaired) electrons. The first-order valence-electron chi connectivity index (χ1n) is 7.09. The second-order valence-electron chi connectivity index (χ2n) is 5.16. The molecule has 0 bridgehead atoms. The fourth-order valence-corrected chi connectivity index (χ4v) is 4.00. The van der Waals surface area contributed by atoms with E-state index in [4.69, 9.17) is 10.00 Å². The summed E-state index contributed by atoms with van der Waals surface area (Å²) in [5.41, 5.74) is 1.76. The summed E-state index contributed by atoms with van der Waals surface area (Å²) < 4.78 is 7.20. The Balaban J connectivity index is 2.06. The lowest BCUT2D eigenvalue weighted by atomic mass is 9.95. The molecule has 5 heteroatoms. The van der Waals surface area contributed by atoms with E-state index in [0.29, 0.717) is 5.56 Å². The number of nitrogens with zero attached hydrogens (tertiary/aromatic N) is 2. The van der Waals surface area contributed by atoms with Crippen LogP contribution in [0.25, 0.3) is 5.00 Å². The molecule has 2 aromatic rings. The first-order valence-corrected chi connectivity index (χ1v) is 7.91. The average molecular weight is 300 g/mol. The third-order valence-corrected chi connectivity index (χ3v) is 4.97. The van der Waals surface area contributed by atoms with Crippen molar-refractivity contribution in [2.75, 3.05) is 0 Å². The van der Waals surface area contributed by atoms with Crippen LogP contribution in [0, 0.1) is 11.3 Å². The number of fused-ring (bicyclic) bond motifs is 1. The monoisotopic (exact) mass is 300 g/mol. The van der Waals surface area contributed by atoms with Crippen LogP contribution in [0.1, 0.15) is 40.6 Å². The van der Waals surface area contributed by atoms with Gasteiger partial charge in [0.2, 0.25) is 0 Å². The Bertz CT molecular complexity index is 695. The number of ether oxygens (including phenoxy) is 1. The zero-order valence-electron chi connectivity index (χ0n) is 11.8. The minimum absolute atomic E-state index is 0.382. The minimum atomic E-state index is -0.728. The zero-order valence-corrected chi connectivity index (χ0v) is 12.7. The van der Waals surface area contributed by atoms with Crippen molar-refractivity contribution in [1.82, 2.24) is 4.57 Å². The number of hydrogen-bond acceptors (Lipinski definition) is 4. The van der Waals surface area contributed by atoms with E-state index in [-0.39, 0.29) is 5.97 Å². The molecule has 0 saturated carbocycles. The van der Waals surface area contributed by atoms with E-state index in [9.17, 15) is 4.79 Å². The van der Waals surface area contributed by atoms with Crippen LogP contribution in [0.4, 0.5) is 0 Å². The number of rotatable bonds is 3. The quantitative estimate of drug-likeness (QED) is 0.815. The van der Waals surface area contributed by atoms with E-state index in [2.05, 4.69) is 0 Å². The second kappa shape index (κ2) is 5.74. The molecule has 1 unspecified atom stereocenters. The Morgan fingerprint density at radius 3 is 2.81 bits per heavy atom. The Morgan fingerprint density at radius 2 is 2.10 bits per heavy atom. The molecular formula is C16H16N2O2S. The van der Waals surface area contributed by atoms with Crippen molar-refractivity contribution in [1.29, 1.82) is 5.26 Å². The molecule has 3 rings (SSSR count). The van der Waals surface area contributed by atoms with Crippen LogP contribution in [-0.4, -0.2) is 16.6 Å². The molecule has 0 N–H and O–H groups in total. The van der Waals surface area contributed by atoms with Gasteiger partial charge in [0.1, 0.15) is 11.1 Å². The van der Waals surface area contributed by atoms with Crippen LogP contribution >= 0.6 is 11.3 Å². The maximum Gasteiger partial charge on any atom is 0.342 e. The normalized spacial score (nSPS) is 15.0. The van der Waals surface area contributed by atoms with E-state index in [0.717, 1.165) is 29.8 Å². The molecule has 1 atom stereocenters. The molecule has 0 saturated heterocycles. The van der Waals surface area contributed by atoms with Crippen molar-refractivity contribution in [2.45, 2.75) is 38.7 Å². The number of hydrogen-bond donors (Lipinski definition) is 0. The molecular weight excluding hydrogens is 284 g/mol. The number of aromatic nitrogens is 1. The van der Waals surface area contributed by atoms with Crippen molar-refractivity contribution < 1.29 is 9.53 Å². The lowest BCUT2D eigenvalue weighted by Gasteiger charge is -2.13. The van der Waals surface area contributed by atoms with E-state index in [1.54, 1.807) is 18.3 Å². The Hall–Kier alpha value is -2.06. The molecule has 0 aromatic carbocycles. The first-order chi connectivity index (χ1) is 10.2. The number of carbonyl (C=O) groups is 1. The Morgan fingerprint density at radius 1 is 1.38 bits per heavy atom. The third-order valence-electron chi connectivity index (χ3n) is 3.66. The second-order valence-corrected chi connectivity index (χ2v) is 6.24. The van der Waals surface area contributed by atoms with Gasteiger partial charge in [0.15, 0.2) is 6.10 Å². The zero-order chi connectivity index (χ0) is 14.8. The maximum atomic E-state index is 12.5. The topological polar surface area (TPSA) is 55.0 Å². The first kappa shape index (κ1) is 13.9. The van der Waals surface area contributed by atoms with E-state index >= 15 is 0 Å². The number of nitriles is 1. The summed E-state index contributed by atoms with van der Waals surface area (Å²) in [4.78, 5) is 13.8. The van der Waals surface area contributed by atoms with Crippen LogP contribution in [0.5, 0.6) is 0 Å². The molecule has 0 amide bonds. The van der Waals surface area contributed by atoms with Crippen LogP contribution in [0.2, 0.25) is 0 Å². The van der Waals surface area contributed by atoms with Gasteiger partial charge in [-0.15, -0.1) is 11.3 Å². The Kier molecular flexibility index (Phi) is 3.80. The summed E-state index contributed by atoms with van der Waals surface area (Å²) in [5, 5.41) is 9.75. The highest BCUT2D eigenvalue weighted by molar-refractivity contribution is 7.15. The summed E-state index contributed by atoms with van der Waals surface area (Å²) >= 11 is 1.66. The Labute approximate surface area is 127 Å². The summed E-state index contributed by atoms with van der Waals surface area (Å²) in [6.45, 7) is 1.59. The molecule has 0 aliphatic heterocycles. The van der Waals surface area contributed by atoms with Crippen LogP contribution in [0.15, 0.2) is 24.5 Å². The highest BCUT2D eigenvalue weighted by Crippen LogP contribution is 2.37. The SMILES string of the molecule is CC(C#N)OC(=O)c1c(-n2cccc2)sc2c1CCCC2. The predicted molar refractivity (Wildman–Crippen MR) is 80.8 cm³/mol. The molecule has 1 aliphatic rings. The van der Waals surface area contributed by atoms with E-state index in [1.807, 2.05) is 35.2 Å². The largest absolute Gasteiger partial charge is 0.444 e. The molecule has 0 fully saturated rings. The fourth-order valence-electron chi connectivity index (χ4n) is 2.66. The van der Waals surface area contributed by atoms with Gasteiger partial charge in [0, 0.05) is 17.3 Å². The number of esters is 1. The maximum absolute atomic E-state index is 12.5. The van der Waals surface area contributed by atoms with E-state index in [1.165, 1.54) is 11.3 Å². The standard InChI is InChI=1S/C16H16N2O2S/c1-11(10-17)20-16(19)14-12-6-2-3-7-13(12)21-15(14)18-8-4-5-9-18/h4-5,8-9,11H,2-3,6-7H2,1H3. The molecule has 4 nitrogen and oxygen atoms in total. The predicted octanol–water partition coefficient (Wildman–Crippen LogP) is 3.49. The summed E-state index contributed by atoms with van der Waals surface area (Å²) in [5.74, 6) is -0.382. The number of carbonyl (C=O) groups excluding carboxylic acids is 1. The average Bonchev–Trinajstić information content (AvgIpc) is 3.13. The molecule has 108 valence electrons. The van der Waals surface area contributed by atoms with Gasteiger partial charge in [-0.3, -0.25) is 0 Å².